The van der Waals surface area contributed by atoms with Crippen LogP contribution in [0.2, 0.25) is 0 Å². The highest BCUT2D eigenvalue weighted by molar-refractivity contribution is 9.10. The van der Waals surface area contributed by atoms with Crippen molar-refractivity contribution in [3.05, 3.63) is 82.4 Å². The van der Waals surface area contributed by atoms with Gasteiger partial charge >= 0.3 is 0 Å². The number of fused-ring (bicyclic) bond motifs is 1. The van der Waals surface area contributed by atoms with Crippen molar-refractivity contribution < 1.29 is 4.74 Å². The minimum atomic E-state index is 0.929. The van der Waals surface area contributed by atoms with E-state index < -0.39 is 0 Å². The van der Waals surface area contributed by atoms with E-state index in [4.69, 9.17) is 4.74 Å². The van der Waals surface area contributed by atoms with Crippen molar-refractivity contribution in [2.45, 2.75) is 6.42 Å². The predicted molar refractivity (Wildman–Crippen MR) is 91.9 cm³/mol. The number of allylic oxidation sites excluding steroid dienone is 3. The average Bonchev–Trinajstić information content (AvgIpc) is 2.51. The Kier molecular flexibility index (Phi) is 5.43. The molecule has 2 aromatic rings. The molecule has 0 N–H and O–H groups in total. The predicted octanol–water partition coefficient (Wildman–Crippen LogP) is 5.23. The standard InChI is InChI=1S/C17H13BrO.C2H2/c18-14-11-9-13(10-12-14)5-1-3-7-16-15-6-2-4-8-17(15)19-16;1-2/h1-4,6-12H,5H2;1-2H/b3-1-,16-7-;. The van der Waals surface area contributed by atoms with Gasteiger partial charge in [0.25, 0.3) is 0 Å². The van der Waals surface area contributed by atoms with E-state index in [0.29, 0.717) is 0 Å². The van der Waals surface area contributed by atoms with Crippen molar-refractivity contribution in [3.8, 4) is 18.6 Å². The molecule has 0 saturated heterocycles. The summed E-state index contributed by atoms with van der Waals surface area (Å²) in [5.74, 6) is 1.91. The fourth-order valence-corrected chi connectivity index (χ4v) is 2.25. The van der Waals surface area contributed by atoms with Crippen LogP contribution in [-0.2, 0) is 6.42 Å². The average molecular weight is 339 g/mol. The van der Waals surface area contributed by atoms with Crippen LogP contribution in [0.3, 0.4) is 0 Å². The van der Waals surface area contributed by atoms with Crippen LogP contribution in [0.4, 0.5) is 0 Å². The molecule has 2 heteroatoms. The number of rotatable bonds is 3. The second kappa shape index (κ2) is 7.52. The highest BCUT2D eigenvalue weighted by atomic mass is 79.9. The molecule has 0 spiro atoms. The number of hydrogen-bond donors (Lipinski definition) is 0. The molecule has 3 rings (SSSR count). The highest BCUT2D eigenvalue weighted by Crippen LogP contribution is 2.37. The number of terminal acetylenes is 1. The SMILES string of the molecule is Brc1ccc(C/C=C\C=C2/Oc3ccccc32)cc1.C#C. The quantitative estimate of drug-likeness (QED) is 0.696. The molecule has 0 aliphatic carbocycles. The molecule has 21 heavy (non-hydrogen) atoms. The summed E-state index contributed by atoms with van der Waals surface area (Å²) in [6, 6.07) is 16.4. The van der Waals surface area contributed by atoms with Crippen molar-refractivity contribution >= 4 is 21.7 Å². The summed E-state index contributed by atoms with van der Waals surface area (Å²) in [7, 11) is 0. The third-order valence-corrected chi connectivity index (χ3v) is 3.55. The number of hydrogen-bond acceptors (Lipinski definition) is 1. The van der Waals surface area contributed by atoms with Gasteiger partial charge in [-0.05, 0) is 42.3 Å². The van der Waals surface area contributed by atoms with Gasteiger partial charge in [-0.2, -0.15) is 0 Å². The Bertz CT molecular complexity index is 678. The van der Waals surface area contributed by atoms with E-state index in [1.165, 1.54) is 11.1 Å². The van der Waals surface area contributed by atoms with Crippen LogP contribution in [0, 0.1) is 12.8 Å². The fraction of sp³-hybridized carbons (Fsp3) is 0.0526. The minimum Gasteiger partial charge on any atom is -0.456 e. The molecule has 1 aliphatic heterocycles. The zero-order valence-corrected chi connectivity index (χ0v) is 13.1. The normalized spacial score (nSPS) is 13.8. The van der Waals surface area contributed by atoms with Gasteiger partial charge in [0.2, 0.25) is 0 Å². The smallest absolute Gasteiger partial charge is 0.138 e. The van der Waals surface area contributed by atoms with Gasteiger partial charge in [0.1, 0.15) is 11.5 Å². The zero-order valence-electron chi connectivity index (χ0n) is 11.5. The minimum absolute atomic E-state index is 0.929. The fourth-order valence-electron chi connectivity index (χ4n) is 1.99. The first kappa shape index (κ1) is 15.2. The molecule has 0 aromatic heterocycles. The Hall–Kier alpha value is -2.24. The molecule has 0 radical (unpaired) electrons. The zero-order chi connectivity index (χ0) is 15.1. The van der Waals surface area contributed by atoms with E-state index in [1.807, 2.05) is 30.4 Å². The lowest BCUT2D eigenvalue weighted by Gasteiger charge is -2.22. The van der Waals surface area contributed by atoms with Crippen molar-refractivity contribution in [1.29, 1.82) is 0 Å². The Labute approximate surface area is 134 Å². The van der Waals surface area contributed by atoms with E-state index in [-0.39, 0.29) is 0 Å². The molecular formula is C19H15BrO. The maximum absolute atomic E-state index is 5.56. The third kappa shape index (κ3) is 3.87. The van der Waals surface area contributed by atoms with E-state index in [9.17, 15) is 0 Å². The monoisotopic (exact) mass is 338 g/mol. The van der Waals surface area contributed by atoms with Gasteiger partial charge in [-0.15, -0.1) is 12.8 Å². The maximum Gasteiger partial charge on any atom is 0.138 e. The molecule has 0 fully saturated rings. The van der Waals surface area contributed by atoms with E-state index in [1.54, 1.807) is 0 Å². The first-order valence-electron chi connectivity index (χ1n) is 6.55. The van der Waals surface area contributed by atoms with Gasteiger partial charge < -0.3 is 4.74 Å². The topological polar surface area (TPSA) is 9.23 Å². The lowest BCUT2D eigenvalue weighted by atomic mass is 10.1. The summed E-state index contributed by atoms with van der Waals surface area (Å²) in [6.45, 7) is 0. The second-order valence-electron chi connectivity index (χ2n) is 4.39. The van der Waals surface area contributed by atoms with E-state index in [2.05, 4.69) is 65.2 Å². The van der Waals surface area contributed by atoms with Gasteiger partial charge in [0.05, 0.1) is 5.56 Å². The first-order valence-corrected chi connectivity index (χ1v) is 7.34. The summed E-state index contributed by atoms with van der Waals surface area (Å²) in [4.78, 5) is 0. The van der Waals surface area contributed by atoms with Crippen LogP contribution in [-0.4, -0.2) is 0 Å². The van der Waals surface area contributed by atoms with Crippen LogP contribution in [0.25, 0.3) is 5.76 Å². The van der Waals surface area contributed by atoms with Crippen LogP contribution >= 0.6 is 15.9 Å². The Morgan fingerprint density at radius 1 is 1.00 bits per heavy atom. The van der Waals surface area contributed by atoms with Crippen LogP contribution in [0.1, 0.15) is 11.1 Å². The van der Waals surface area contributed by atoms with Gasteiger partial charge in [0.15, 0.2) is 0 Å². The molecule has 104 valence electrons. The summed E-state index contributed by atoms with van der Waals surface area (Å²) in [5, 5.41) is 0. The van der Waals surface area contributed by atoms with Crippen molar-refractivity contribution in [2.75, 3.05) is 0 Å². The molecule has 2 aromatic carbocycles. The summed E-state index contributed by atoms with van der Waals surface area (Å²) in [5.41, 5.74) is 2.49. The lowest BCUT2D eigenvalue weighted by Crippen LogP contribution is -2.07. The molecule has 0 saturated carbocycles. The lowest BCUT2D eigenvalue weighted by molar-refractivity contribution is 0.465. The molecule has 1 aliphatic rings. The third-order valence-electron chi connectivity index (χ3n) is 3.02. The van der Waals surface area contributed by atoms with Crippen LogP contribution in [0.5, 0.6) is 5.75 Å². The number of para-hydroxylation sites is 1. The van der Waals surface area contributed by atoms with Gasteiger partial charge in [-0.3, -0.25) is 0 Å². The number of ether oxygens (including phenoxy) is 1. The Balaban J connectivity index is 0.000000774. The van der Waals surface area contributed by atoms with Gasteiger partial charge in [-0.1, -0.05) is 52.3 Å². The molecule has 0 unspecified atom stereocenters. The number of halogens is 1. The van der Waals surface area contributed by atoms with Gasteiger partial charge in [-0.25, -0.2) is 0 Å². The van der Waals surface area contributed by atoms with E-state index >= 15 is 0 Å². The van der Waals surface area contributed by atoms with Crippen molar-refractivity contribution in [2.24, 2.45) is 0 Å². The Morgan fingerprint density at radius 3 is 2.43 bits per heavy atom. The Morgan fingerprint density at radius 2 is 1.71 bits per heavy atom. The highest BCUT2D eigenvalue weighted by Gasteiger charge is 2.19. The van der Waals surface area contributed by atoms with Crippen molar-refractivity contribution in [1.82, 2.24) is 0 Å². The molecule has 0 bridgehead atoms. The van der Waals surface area contributed by atoms with Crippen molar-refractivity contribution in [3.63, 3.8) is 0 Å². The summed E-state index contributed by atoms with van der Waals surface area (Å²) >= 11 is 3.43. The van der Waals surface area contributed by atoms with Crippen LogP contribution < -0.4 is 4.74 Å². The molecule has 0 amide bonds. The molecular weight excluding hydrogens is 324 g/mol. The summed E-state index contributed by atoms with van der Waals surface area (Å²) in [6.07, 6.45) is 15.1. The van der Waals surface area contributed by atoms with E-state index in [0.717, 1.165) is 22.4 Å². The largest absolute Gasteiger partial charge is 0.456 e. The number of benzene rings is 2. The maximum atomic E-state index is 5.56. The molecule has 1 heterocycles. The van der Waals surface area contributed by atoms with Crippen LogP contribution in [0.15, 0.2) is 71.2 Å². The van der Waals surface area contributed by atoms with Gasteiger partial charge in [0, 0.05) is 4.47 Å². The summed E-state index contributed by atoms with van der Waals surface area (Å²) < 4.78 is 6.67. The second-order valence-corrected chi connectivity index (χ2v) is 5.30. The molecule has 0 atom stereocenters. The molecule has 1 nitrogen and oxygen atoms in total. The first-order chi connectivity index (χ1) is 10.3.